The molecule has 0 N–H and O–H groups in total. The molecule has 118 valence electrons. The fourth-order valence-electron chi connectivity index (χ4n) is 5.71. The molecule has 0 nitrogen and oxygen atoms in total. The molecule has 8 atom stereocenters. The lowest BCUT2D eigenvalue weighted by Gasteiger charge is -2.46. The van der Waals surface area contributed by atoms with E-state index in [1.807, 2.05) is 0 Å². The predicted molar refractivity (Wildman–Crippen MR) is 89.7 cm³/mol. The molecule has 0 radical (unpaired) electrons. The maximum atomic E-state index is 2.55. The minimum Gasteiger partial charge on any atom is -0.0651 e. The molecule has 0 aromatic heterocycles. The summed E-state index contributed by atoms with van der Waals surface area (Å²) >= 11 is 0. The van der Waals surface area contributed by atoms with Gasteiger partial charge in [0.1, 0.15) is 0 Å². The predicted octanol–water partition coefficient (Wildman–Crippen LogP) is 6.40. The van der Waals surface area contributed by atoms with Gasteiger partial charge in [0.05, 0.1) is 0 Å². The van der Waals surface area contributed by atoms with Crippen LogP contribution in [0.25, 0.3) is 0 Å². The lowest BCUT2D eigenvalue weighted by Crippen LogP contribution is -2.38. The van der Waals surface area contributed by atoms with E-state index in [9.17, 15) is 0 Å². The summed E-state index contributed by atoms with van der Waals surface area (Å²) in [5, 5.41) is 0. The van der Waals surface area contributed by atoms with Gasteiger partial charge in [-0.15, -0.1) is 0 Å². The first-order valence-electron chi connectivity index (χ1n) is 9.42. The highest BCUT2D eigenvalue weighted by Gasteiger charge is 2.71. The smallest absolute Gasteiger partial charge is 0.0238 e. The Morgan fingerprint density at radius 2 is 1.60 bits per heavy atom. The van der Waals surface area contributed by atoms with Gasteiger partial charge in [-0.2, -0.15) is 0 Å². The number of rotatable bonds is 8. The molecule has 2 fully saturated rings. The van der Waals surface area contributed by atoms with Gasteiger partial charge in [0.2, 0.25) is 0 Å². The molecule has 2 rings (SSSR count). The molecule has 20 heavy (non-hydrogen) atoms. The van der Waals surface area contributed by atoms with Crippen LogP contribution in [0.2, 0.25) is 0 Å². The third-order valence-corrected chi connectivity index (χ3v) is 7.78. The molecular formula is C20H38. The van der Waals surface area contributed by atoms with Crippen LogP contribution < -0.4 is 0 Å². The zero-order valence-electron chi connectivity index (χ0n) is 15.1. The molecule has 8 unspecified atom stereocenters. The number of hydrogen-bond acceptors (Lipinski definition) is 0. The van der Waals surface area contributed by atoms with Crippen molar-refractivity contribution >= 4 is 0 Å². The summed E-state index contributed by atoms with van der Waals surface area (Å²) in [5.41, 5.74) is 0.734. The molecule has 0 heteroatoms. The van der Waals surface area contributed by atoms with Crippen molar-refractivity contribution in [2.75, 3.05) is 0 Å². The van der Waals surface area contributed by atoms with Gasteiger partial charge in [-0.1, -0.05) is 61.3 Å². The van der Waals surface area contributed by atoms with Gasteiger partial charge in [0, 0.05) is 0 Å². The Bertz CT molecular complexity index is 320. The fourth-order valence-corrected chi connectivity index (χ4v) is 5.71. The molecular weight excluding hydrogens is 240 g/mol. The van der Waals surface area contributed by atoms with E-state index in [2.05, 4.69) is 48.5 Å². The maximum Gasteiger partial charge on any atom is -0.0238 e. The van der Waals surface area contributed by atoms with Crippen molar-refractivity contribution in [3.8, 4) is 0 Å². The van der Waals surface area contributed by atoms with Crippen molar-refractivity contribution in [2.45, 2.75) is 80.6 Å². The molecule has 0 saturated heterocycles. The average Bonchev–Trinajstić information content (AvgIpc) is 3.05. The lowest BCUT2D eigenvalue weighted by molar-refractivity contribution is 0.0320. The first-order chi connectivity index (χ1) is 9.42. The Labute approximate surface area is 128 Å². The fraction of sp³-hybridized carbons (Fsp3) is 1.00. The van der Waals surface area contributed by atoms with Gasteiger partial charge in [0.25, 0.3) is 0 Å². The van der Waals surface area contributed by atoms with E-state index in [1.165, 1.54) is 25.7 Å². The molecule has 2 aliphatic carbocycles. The third kappa shape index (κ3) is 2.46. The molecule has 0 aromatic carbocycles. The molecule has 0 amide bonds. The number of hydrogen-bond donors (Lipinski definition) is 0. The van der Waals surface area contributed by atoms with Gasteiger partial charge in [-0.3, -0.25) is 0 Å². The van der Waals surface area contributed by atoms with Crippen LogP contribution in [0.5, 0.6) is 0 Å². The second kappa shape index (κ2) is 6.01. The van der Waals surface area contributed by atoms with Crippen molar-refractivity contribution < 1.29 is 0 Å². The molecule has 0 bridgehead atoms. The number of fused-ring (bicyclic) bond motifs is 1. The van der Waals surface area contributed by atoms with E-state index in [-0.39, 0.29) is 0 Å². The highest BCUT2D eigenvalue weighted by molar-refractivity contribution is 5.19. The van der Waals surface area contributed by atoms with Gasteiger partial charge in [0.15, 0.2) is 0 Å². The topological polar surface area (TPSA) is 0 Å². The summed E-state index contributed by atoms with van der Waals surface area (Å²) in [4.78, 5) is 0. The normalized spacial score (nSPS) is 41.2. The zero-order valence-corrected chi connectivity index (χ0v) is 15.1. The van der Waals surface area contributed by atoms with Gasteiger partial charge in [-0.05, 0) is 66.1 Å². The highest BCUT2D eigenvalue weighted by atomic mass is 14.8. The van der Waals surface area contributed by atoms with Crippen LogP contribution in [0.15, 0.2) is 0 Å². The van der Waals surface area contributed by atoms with E-state index in [4.69, 9.17) is 0 Å². The van der Waals surface area contributed by atoms with Gasteiger partial charge in [-0.25, -0.2) is 0 Å². The molecule has 2 aliphatic rings. The summed E-state index contributed by atoms with van der Waals surface area (Å²) in [6.07, 6.45) is 7.16. The summed E-state index contributed by atoms with van der Waals surface area (Å²) in [7, 11) is 0. The molecule has 0 spiro atoms. The van der Waals surface area contributed by atoms with Crippen LogP contribution in [-0.4, -0.2) is 0 Å². The maximum absolute atomic E-state index is 2.55. The molecule has 2 saturated carbocycles. The highest BCUT2D eigenvalue weighted by Crippen LogP contribution is 2.77. The van der Waals surface area contributed by atoms with Crippen LogP contribution in [0.4, 0.5) is 0 Å². The minimum atomic E-state index is 0.734. The van der Waals surface area contributed by atoms with E-state index in [1.54, 1.807) is 6.42 Å². The van der Waals surface area contributed by atoms with E-state index >= 15 is 0 Å². The first-order valence-corrected chi connectivity index (χ1v) is 9.42. The Kier molecular flexibility index (Phi) is 4.92. The molecule has 0 heterocycles. The first kappa shape index (κ1) is 16.4. The Hall–Kier alpha value is 0. The van der Waals surface area contributed by atoms with Crippen LogP contribution in [-0.2, 0) is 0 Å². The Balaban J connectivity index is 1.91. The lowest BCUT2D eigenvalue weighted by atomic mass is 9.59. The average molecular weight is 279 g/mol. The quantitative estimate of drug-likeness (QED) is 0.481. The van der Waals surface area contributed by atoms with Gasteiger partial charge < -0.3 is 0 Å². The zero-order chi connectivity index (χ0) is 15.1. The standard InChI is InChI=1S/C20H38/c1-8-13(4)14(5)11-15(6)18-17-12-20(10-3,19(17)18)16(7)9-2/h13-19H,8-12H2,1-7H3. The Morgan fingerprint density at radius 3 is 2.10 bits per heavy atom. The van der Waals surface area contributed by atoms with E-state index in [0.29, 0.717) is 0 Å². The SMILES string of the molecule is CCC(C)C(C)CC(C)C1C2CC(CC)(C(C)CC)C21. The van der Waals surface area contributed by atoms with Crippen molar-refractivity contribution in [3.05, 3.63) is 0 Å². The summed E-state index contributed by atoms with van der Waals surface area (Å²) in [6.45, 7) is 17.2. The van der Waals surface area contributed by atoms with Gasteiger partial charge >= 0.3 is 0 Å². The second-order valence-corrected chi connectivity index (χ2v) is 8.44. The van der Waals surface area contributed by atoms with Crippen molar-refractivity contribution in [1.29, 1.82) is 0 Å². The van der Waals surface area contributed by atoms with E-state index < -0.39 is 0 Å². The molecule has 0 aliphatic heterocycles. The van der Waals surface area contributed by atoms with Crippen LogP contribution in [0.1, 0.15) is 80.6 Å². The van der Waals surface area contributed by atoms with Crippen LogP contribution >= 0.6 is 0 Å². The summed E-state index contributed by atoms with van der Waals surface area (Å²) in [5.74, 6) is 7.01. The van der Waals surface area contributed by atoms with Crippen molar-refractivity contribution in [2.24, 2.45) is 46.8 Å². The summed E-state index contributed by atoms with van der Waals surface area (Å²) in [6, 6.07) is 0. The van der Waals surface area contributed by atoms with Crippen molar-refractivity contribution in [1.82, 2.24) is 0 Å². The molecule has 0 aromatic rings. The largest absolute Gasteiger partial charge is 0.0651 e. The van der Waals surface area contributed by atoms with E-state index in [0.717, 1.165) is 46.8 Å². The second-order valence-electron chi connectivity index (χ2n) is 8.44. The third-order valence-electron chi connectivity index (χ3n) is 7.78. The Morgan fingerprint density at radius 1 is 0.950 bits per heavy atom. The monoisotopic (exact) mass is 278 g/mol. The van der Waals surface area contributed by atoms with Crippen LogP contribution in [0, 0.1) is 46.8 Å². The van der Waals surface area contributed by atoms with Crippen molar-refractivity contribution in [3.63, 3.8) is 0 Å². The summed E-state index contributed by atoms with van der Waals surface area (Å²) < 4.78 is 0. The minimum absolute atomic E-state index is 0.734. The van der Waals surface area contributed by atoms with Crippen LogP contribution in [0.3, 0.4) is 0 Å².